The van der Waals surface area contributed by atoms with Gasteiger partial charge in [0.2, 0.25) is 11.8 Å². The number of hydrogen-bond donors (Lipinski definition) is 3. The molecule has 2 aromatic carbocycles. The highest BCUT2D eigenvalue weighted by atomic mass is 16.5. The van der Waals surface area contributed by atoms with Gasteiger partial charge >= 0.3 is 12.1 Å². The lowest BCUT2D eigenvalue weighted by atomic mass is 9.98. The highest BCUT2D eigenvalue weighted by molar-refractivity contribution is 5.89. The van der Waals surface area contributed by atoms with Gasteiger partial charge in [-0.05, 0) is 35.1 Å². The summed E-state index contributed by atoms with van der Waals surface area (Å²) in [7, 11) is 0. The molecular weight excluding hydrogens is 426 g/mol. The van der Waals surface area contributed by atoms with Gasteiger partial charge < -0.3 is 25.4 Å². The van der Waals surface area contributed by atoms with Crippen molar-refractivity contribution in [1.29, 1.82) is 0 Å². The van der Waals surface area contributed by atoms with Crippen LogP contribution in [-0.4, -0.2) is 66.2 Å². The maximum absolute atomic E-state index is 12.2. The number of amides is 3. The average molecular weight is 451 g/mol. The van der Waals surface area contributed by atoms with E-state index >= 15 is 0 Å². The minimum absolute atomic E-state index is 0.0859. The van der Waals surface area contributed by atoms with Crippen molar-refractivity contribution in [3.05, 3.63) is 59.7 Å². The first kappa shape index (κ1) is 22.3. The number of nitrogens with zero attached hydrogens (tertiary/aromatic N) is 1. The Morgan fingerprint density at radius 1 is 0.939 bits per heavy atom. The molecule has 33 heavy (non-hydrogen) atoms. The molecule has 1 heterocycles. The first-order valence-corrected chi connectivity index (χ1v) is 10.8. The standard InChI is InChI=1S/C24H25N3O6/c28-21(25-13-22(29)27-11-5-10-20(27)23(30)31)12-26-24(32)33-14-19-17-8-3-1-6-15(17)16-7-2-4-9-18(16)19/h1-4,6-9,19-20H,5,10-14H2,(H,25,28)(H,26,32)(H,30,31). The normalized spacial score (nSPS) is 16.6. The van der Waals surface area contributed by atoms with Crippen LogP contribution in [0.4, 0.5) is 4.79 Å². The van der Waals surface area contributed by atoms with E-state index in [4.69, 9.17) is 9.84 Å². The number of aliphatic carboxylic acids is 1. The van der Waals surface area contributed by atoms with Crippen molar-refractivity contribution in [2.45, 2.75) is 24.8 Å². The molecule has 172 valence electrons. The number of likely N-dealkylation sites (tertiary alicyclic amines) is 1. The molecule has 1 aliphatic heterocycles. The summed E-state index contributed by atoms with van der Waals surface area (Å²) in [5.41, 5.74) is 4.41. The van der Waals surface area contributed by atoms with Crippen LogP contribution in [0, 0.1) is 0 Å². The maximum atomic E-state index is 12.2. The average Bonchev–Trinajstić information content (AvgIpc) is 3.43. The Labute approximate surface area is 190 Å². The molecule has 3 amide bonds. The number of carboxylic acids is 1. The predicted octanol–water partition coefficient (Wildman–Crippen LogP) is 1.72. The van der Waals surface area contributed by atoms with Crippen LogP contribution >= 0.6 is 0 Å². The zero-order valence-electron chi connectivity index (χ0n) is 18.0. The fourth-order valence-electron chi connectivity index (χ4n) is 4.46. The van der Waals surface area contributed by atoms with E-state index < -0.39 is 29.9 Å². The lowest BCUT2D eigenvalue weighted by Gasteiger charge is -2.21. The van der Waals surface area contributed by atoms with E-state index in [2.05, 4.69) is 10.6 Å². The zero-order valence-corrected chi connectivity index (χ0v) is 18.0. The monoisotopic (exact) mass is 451 g/mol. The van der Waals surface area contributed by atoms with E-state index in [9.17, 15) is 19.2 Å². The number of benzene rings is 2. The van der Waals surface area contributed by atoms with Gasteiger partial charge in [0.1, 0.15) is 19.2 Å². The van der Waals surface area contributed by atoms with Crippen molar-refractivity contribution in [3.63, 3.8) is 0 Å². The Morgan fingerprint density at radius 2 is 1.58 bits per heavy atom. The molecule has 0 spiro atoms. The van der Waals surface area contributed by atoms with E-state index in [0.29, 0.717) is 19.4 Å². The molecular formula is C24H25N3O6. The Kier molecular flexibility index (Phi) is 6.58. The topological polar surface area (TPSA) is 125 Å². The van der Waals surface area contributed by atoms with Gasteiger partial charge in [0.15, 0.2) is 0 Å². The molecule has 2 aromatic rings. The summed E-state index contributed by atoms with van der Waals surface area (Å²) in [6, 6.07) is 15.1. The van der Waals surface area contributed by atoms with Gasteiger partial charge in [-0.15, -0.1) is 0 Å². The SMILES string of the molecule is O=C(CNC(=O)OCC1c2ccccc2-c2ccccc21)NCC(=O)N1CCCC1C(=O)O. The van der Waals surface area contributed by atoms with E-state index in [-0.39, 0.29) is 25.6 Å². The van der Waals surface area contributed by atoms with E-state index in [1.165, 1.54) is 4.90 Å². The molecule has 9 nitrogen and oxygen atoms in total. The number of carbonyl (C=O) groups is 4. The minimum atomic E-state index is -1.05. The largest absolute Gasteiger partial charge is 0.480 e. The van der Waals surface area contributed by atoms with Crippen LogP contribution in [0.5, 0.6) is 0 Å². The molecule has 1 atom stereocenters. The van der Waals surface area contributed by atoms with Crippen molar-refractivity contribution >= 4 is 23.9 Å². The molecule has 1 fully saturated rings. The van der Waals surface area contributed by atoms with Gasteiger partial charge in [0.05, 0.1) is 6.54 Å². The number of carboxylic acid groups (broad SMARTS) is 1. The van der Waals surface area contributed by atoms with Crippen LogP contribution in [0.25, 0.3) is 11.1 Å². The summed E-state index contributed by atoms with van der Waals surface area (Å²) in [5, 5.41) is 13.9. The second kappa shape index (κ2) is 9.72. The molecule has 0 radical (unpaired) electrons. The number of rotatable bonds is 7. The summed E-state index contributed by atoms with van der Waals surface area (Å²) in [5.74, 6) is -2.17. The van der Waals surface area contributed by atoms with Crippen LogP contribution in [0.2, 0.25) is 0 Å². The molecule has 3 N–H and O–H groups in total. The Hall–Kier alpha value is -3.88. The summed E-state index contributed by atoms with van der Waals surface area (Å²) < 4.78 is 5.37. The third-order valence-electron chi connectivity index (χ3n) is 6.03. The van der Waals surface area contributed by atoms with Gasteiger partial charge in [-0.3, -0.25) is 9.59 Å². The fourth-order valence-corrected chi connectivity index (χ4v) is 4.46. The second-order valence-corrected chi connectivity index (χ2v) is 8.04. The van der Waals surface area contributed by atoms with Crippen molar-refractivity contribution in [1.82, 2.24) is 15.5 Å². The molecule has 2 aliphatic rings. The minimum Gasteiger partial charge on any atom is -0.480 e. The highest BCUT2D eigenvalue weighted by Crippen LogP contribution is 2.44. The number of alkyl carbamates (subject to hydrolysis) is 1. The molecule has 0 saturated carbocycles. The second-order valence-electron chi connectivity index (χ2n) is 8.04. The quantitative estimate of drug-likeness (QED) is 0.589. The van der Waals surface area contributed by atoms with Crippen molar-refractivity contribution < 1.29 is 29.0 Å². The Balaban J connectivity index is 1.23. The van der Waals surface area contributed by atoms with Gasteiger partial charge in [-0.2, -0.15) is 0 Å². The van der Waals surface area contributed by atoms with Crippen molar-refractivity contribution in [2.24, 2.45) is 0 Å². The van der Waals surface area contributed by atoms with Crippen LogP contribution in [0.15, 0.2) is 48.5 Å². The number of fused-ring (bicyclic) bond motifs is 3. The number of carbonyl (C=O) groups excluding carboxylic acids is 3. The van der Waals surface area contributed by atoms with Gasteiger partial charge in [0, 0.05) is 12.5 Å². The van der Waals surface area contributed by atoms with Crippen LogP contribution < -0.4 is 10.6 Å². The maximum Gasteiger partial charge on any atom is 0.407 e. The summed E-state index contributed by atoms with van der Waals surface area (Å²) in [6.45, 7) is -0.198. The molecule has 0 aromatic heterocycles. The number of nitrogens with one attached hydrogen (secondary N) is 2. The van der Waals surface area contributed by atoms with Crippen molar-refractivity contribution in [2.75, 3.05) is 26.2 Å². The first-order valence-electron chi connectivity index (χ1n) is 10.8. The molecule has 9 heteroatoms. The number of hydrogen-bond acceptors (Lipinski definition) is 5. The van der Waals surface area contributed by atoms with Crippen molar-refractivity contribution in [3.8, 4) is 11.1 Å². The molecule has 1 saturated heterocycles. The first-order chi connectivity index (χ1) is 16.0. The van der Waals surface area contributed by atoms with E-state index in [1.54, 1.807) is 0 Å². The number of ether oxygens (including phenoxy) is 1. The van der Waals surface area contributed by atoms with E-state index in [0.717, 1.165) is 22.3 Å². The zero-order chi connectivity index (χ0) is 23.4. The fraction of sp³-hybridized carbons (Fsp3) is 0.333. The van der Waals surface area contributed by atoms with E-state index in [1.807, 2.05) is 48.5 Å². The molecule has 0 bridgehead atoms. The highest BCUT2D eigenvalue weighted by Gasteiger charge is 2.34. The van der Waals surface area contributed by atoms with Gasteiger partial charge in [-0.1, -0.05) is 48.5 Å². The van der Waals surface area contributed by atoms with Crippen LogP contribution in [0.3, 0.4) is 0 Å². The smallest absolute Gasteiger partial charge is 0.407 e. The third-order valence-corrected chi connectivity index (χ3v) is 6.03. The Morgan fingerprint density at radius 3 is 2.21 bits per heavy atom. The molecule has 1 unspecified atom stereocenters. The lowest BCUT2D eigenvalue weighted by Crippen LogP contribution is -2.47. The Bertz CT molecular complexity index is 1040. The molecule has 1 aliphatic carbocycles. The van der Waals surface area contributed by atoms with Crippen LogP contribution in [-0.2, 0) is 19.1 Å². The predicted molar refractivity (Wildman–Crippen MR) is 118 cm³/mol. The van der Waals surface area contributed by atoms with Gasteiger partial charge in [-0.25, -0.2) is 9.59 Å². The lowest BCUT2D eigenvalue weighted by molar-refractivity contribution is -0.148. The summed E-state index contributed by atoms with van der Waals surface area (Å²) in [4.78, 5) is 48.8. The third kappa shape index (κ3) is 4.82. The van der Waals surface area contributed by atoms with Crippen LogP contribution in [0.1, 0.15) is 29.9 Å². The van der Waals surface area contributed by atoms with Gasteiger partial charge in [0.25, 0.3) is 0 Å². The summed E-state index contributed by atoms with van der Waals surface area (Å²) >= 11 is 0. The summed E-state index contributed by atoms with van der Waals surface area (Å²) in [6.07, 6.45) is 0.280. The molecule has 4 rings (SSSR count).